The standard InChI is InChI=1S/C15H23ClO3/c1-18-8-4-9-19-10-7-13(12-17)11-14-5-2-3-6-15(14)16/h2-3,5-6,13,17H,4,7-12H2,1H3. The fraction of sp³-hybridized carbons (Fsp3) is 0.600. The van der Waals surface area contributed by atoms with Gasteiger partial charge in [-0.25, -0.2) is 0 Å². The Morgan fingerprint density at radius 3 is 2.68 bits per heavy atom. The van der Waals surface area contributed by atoms with Gasteiger partial charge in [-0.15, -0.1) is 0 Å². The molecule has 1 rings (SSSR count). The van der Waals surface area contributed by atoms with Gasteiger partial charge in [-0.3, -0.25) is 0 Å². The quantitative estimate of drug-likeness (QED) is 0.672. The van der Waals surface area contributed by atoms with Crippen LogP contribution in [0.15, 0.2) is 24.3 Å². The van der Waals surface area contributed by atoms with Crippen molar-refractivity contribution in [2.45, 2.75) is 19.3 Å². The molecule has 0 fully saturated rings. The third-order valence-corrected chi connectivity index (χ3v) is 3.40. The summed E-state index contributed by atoms with van der Waals surface area (Å²) in [5, 5.41) is 10.2. The second-order valence-electron chi connectivity index (χ2n) is 4.59. The lowest BCUT2D eigenvalue weighted by Gasteiger charge is -2.15. The van der Waals surface area contributed by atoms with Crippen LogP contribution in [0, 0.1) is 5.92 Å². The number of benzene rings is 1. The summed E-state index contributed by atoms with van der Waals surface area (Å²) in [6.07, 6.45) is 2.54. The van der Waals surface area contributed by atoms with Crippen LogP contribution in [0.4, 0.5) is 0 Å². The number of aliphatic hydroxyl groups excluding tert-OH is 1. The number of ether oxygens (including phenoxy) is 2. The van der Waals surface area contributed by atoms with Crippen molar-refractivity contribution < 1.29 is 14.6 Å². The molecule has 0 aliphatic rings. The van der Waals surface area contributed by atoms with Gasteiger partial charge in [0.15, 0.2) is 0 Å². The van der Waals surface area contributed by atoms with E-state index in [1.807, 2.05) is 24.3 Å². The normalized spacial score (nSPS) is 12.6. The molecular formula is C15H23ClO3. The predicted octanol–water partition coefficient (Wildman–Crippen LogP) is 2.93. The van der Waals surface area contributed by atoms with Crippen molar-refractivity contribution in [1.29, 1.82) is 0 Å². The third-order valence-electron chi connectivity index (χ3n) is 3.03. The van der Waals surface area contributed by atoms with E-state index in [0.29, 0.717) is 13.2 Å². The Labute approximate surface area is 120 Å². The van der Waals surface area contributed by atoms with E-state index in [2.05, 4.69) is 0 Å². The predicted molar refractivity (Wildman–Crippen MR) is 77.7 cm³/mol. The first-order valence-corrected chi connectivity index (χ1v) is 7.06. The number of hydrogen-bond donors (Lipinski definition) is 1. The van der Waals surface area contributed by atoms with Gasteiger partial charge in [-0.05, 0) is 36.8 Å². The summed E-state index contributed by atoms with van der Waals surface area (Å²) in [6.45, 7) is 2.26. The van der Waals surface area contributed by atoms with E-state index >= 15 is 0 Å². The average Bonchev–Trinajstić information content (AvgIpc) is 2.43. The van der Waals surface area contributed by atoms with Gasteiger partial charge in [0.25, 0.3) is 0 Å². The molecule has 0 amide bonds. The van der Waals surface area contributed by atoms with Crippen LogP contribution in [-0.2, 0) is 15.9 Å². The SMILES string of the molecule is COCCCOCCC(CO)Cc1ccccc1Cl. The highest BCUT2D eigenvalue weighted by molar-refractivity contribution is 6.31. The van der Waals surface area contributed by atoms with Gasteiger partial charge in [-0.1, -0.05) is 29.8 Å². The number of halogens is 1. The highest BCUT2D eigenvalue weighted by Gasteiger charge is 2.10. The van der Waals surface area contributed by atoms with E-state index in [4.69, 9.17) is 21.1 Å². The topological polar surface area (TPSA) is 38.7 Å². The maximum atomic E-state index is 9.40. The minimum atomic E-state index is 0.159. The highest BCUT2D eigenvalue weighted by atomic mass is 35.5. The Morgan fingerprint density at radius 1 is 1.21 bits per heavy atom. The summed E-state index contributed by atoms with van der Waals surface area (Å²) in [7, 11) is 1.69. The fourth-order valence-corrected chi connectivity index (χ4v) is 2.10. The van der Waals surface area contributed by atoms with Crippen LogP contribution in [0.3, 0.4) is 0 Å². The Kier molecular flexibility index (Phi) is 8.84. The molecule has 0 heterocycles. The summed E-state index contributed by atoms with van der Waals surface area (Å²) in [5.74, 6) is 0.197. The first-order chi connectivity index (χ1) is 9.27. The Morgan fingerprint density at radius 2 is 2.00 bits per heavy atom. The molecule has 0 spiro atoms. The van der Waals surface area contributed by atoms with E-state index in [9.17, 15) is 5.11 Å². The summed E-state index contributed by atoms with van der Waals surface area (Å²) in [6, 6.07) is 7.77. The van der Waals surface area contributed by atoms with Crippen LogP contribution in [0.2, 0.25) is 5.02 Å². The van der Waals surface area contributed by atoms with E-state index < -0.39 is 0 Å². The van der Waals surface area contributed by atoms with E-state index in [1.54, 1.807) is 7.11 Å². The second kappa shape index (κ2) is 10.2. The van der Waals surface area contributed by atoms with Crippen LogP contribution >= 0.6 is 11.6 Å². The Hall–Kier alpha value is -0.610. The number of rotatable bonds is 10. The van der Waals surface area contributed by atoms with Gasteiger partial charge >= 0.3 is 0 Å². The molecule has 3 nitrogen and oxygen atoms in total. The zero-order valence-electron chi connectivity index (χ0n) is 11.5. The summed E-state index contributed by atoms with van der Waals surface area (Å²) in [5.41, 5.74) is 1.09. The van der Waals surface area contributed by atoms with Crippen LogP contribution in [0.1, 0.15) is 18.4 Å². The van der Waals surface area contributed by atoms with Crippen molar-refractivity contribution in [3.8, 4) is 0 Å². The molecule has 1 aromatic rings. The molecule has 0 aromatic heterocycles. The third kappa shape index (κ3) is 6.92. The molecule has 108 valence electrons. The van der Waals surface area contributed by atoms with Crippen LogP contribution in [0.5, 0.6) is 0 Å². The van der Waals surface area contributed by atoms with Crippen molar-refractivity contribution in [2.24, 2.45) is 5.92 Å². The summed E-state index contributed by atoms with van der Waals surface area (Å²) >= 11 is 6.12. The van der Waals surface area contributed by atoms with Crippen LogP contribution in [0.25, 0.3) is 0 Å². The average molecular weight is 287 g/mol. The second-order valence-corrected chi connectivity index (χ2v) is 5.00. The van der Waals surface area contributed by atoms with Crippen molar-refractivity contribution in [3.63, 3.8) is 0 Å². The van der Waals surface area contributed by atoms with Gasteiger partial charge in [0.1, 0.15) is 0 Å². The van der Waals surface area contributed by atoms with E-state index in [1.165, 1.54) is 0 Å². The van der Waals surface area contributed by atoms with Gasteiger partial charge in [0.2, 0.25) is 0 Å². The fourth-order valence-electron chi connectivity index (χ4n) is 1.89. The smallest absolute Gasteiger partial charge is 0.0487 e. The van der Waals surface area contributed by atoms with Crippen LogP contribution in [-0.4, -0.2) is 38.6 Å². The molecule has 1 aromatic carbocycles. The van der Waals surface area contributed by atoms with Crippen molar-refractivity contribution >= 4 is 11.6 Å². The molecule has 0 bridgehead atoms. The molecule has 4 heteroatoms. The van der Waals surface area contributed by atoms with Gasteiger partial charge < -0.3 is 14.6 Å². The Bertz CT molecular complexity index is 344. The van der Waals surface area contributed by atoms with E-state index in [0.717, 1.165) is 36.5 Å². The summed E-state index contributed by atoms with van der Waals surface area (Å²) in [4.78, 5) is 0. The molecule has 0 radical (unpaired) electrons. The number of hydrogen-bond acceptors (Lipinski definition) is 3. The lowest BCUT2D eigenvalue weighted by molar-refractivity contribution is 0.0857. The molecule has 19 heavy (non-hydrogen) atoms. The Balaban J connectivity index is 2.24. The molecule has 1 unspecified atom stereocenters. The van der Waals surface area contributed by atoms with E-state index in [-0.39, 0.29) is 12.5 Å². The minimum absolute atomic E-state index is 0.159. The molecule has 0 aliphatic carbocycles. The molecule has 0 saturated heterocycles. The van der Waals surface area contributed by atoms with Gasteiger partial charge in [-0.2, -0.15) is 0 Å². The zero-order chi connectivity index (χ0) is 13.9. The molecule has 1 N–H and O–H groups in total. The lowest BCUT2D eigenvalue weighted by atomic mass is 9.97. The monoisotopic (exact) mass is 286 g/mol. The molecule has 0 aliphatic heterocycles. The van der Waals surface area contributed by atoms with Gasteiger partial charge in [0.05, 0.1) is 0 Å². The van der Waals surface area contributed by atoms with Gasteiger partial charge in [0, 0.05) is 38.6 Å². The molecule has 1 atom stereocenters. The number of aliphatic hydroxyl groups is 1. The summed E-state index contributed by atoms with van der Waals surface area (Å²) < 4.78 is 10.5. The molecular weight excluding hydrogens is 264 g/mol. The minimum Gasteiger partial charge on any atom is -0.396 e. The number of methoxy groups -OCH3 is 1. The maximum Gasteiger partial charge on any atom is 0.0487 e. The lowest BCUT2D eigenvalue weighted by Crippen LogP contribution is -2.13. The first kappa shape index (κ1) is 16.4. The first-order valence-electron chi connectivity index (χ1n) is 6.69. The van der Waals surface area contributed by atoms with Crippen molar-refractivity contribution in [3.05, 3.63) is 34.9 Å². The van der Waals surface area contributed by atoms with Crippen molar-refractivity contribution in [2.75, 3.05) is 33.5 Å². The highest BCUT2D eigenvalue weighted by Crippen LogP contribution is 2.20. The zero-order valence-corrected chi connectivity index (χ0v) is 12.2. The largest absolute Gasteiger partial charge is 0.396 e. The van der Waals surface area contributed by atoms with Crippen molar-refractivity contribution in [1.82, 2.24) is 0 Å². The maximum absolute atomic E-state index is 9.40. The van der Waals surface area contributed by atoms with Crippen LogP contribution < -0.4 is 0 Å². The molecule has 0 saturated carbocycles.